The monoisotopic (exact) mass is 414 g/mol. The van der Waals surface area contributed by atoms with Gasteiger partial charge in [-0.1, -0.05) is 31.2 Å². The fraction of sp³-hybridized carbons (Fsp3) is 0.435. The number of carbonyl (C=O) groups is 2. The molecule has 4 rings (SSSR count). The molecule has 0 radical (unpaired) electrons. The lowest BCUT2D eigenvalue weighted by atomic mass is 9.73. The van der Waals surface area contributed by atoms with E-state index in [9.17, 15) is 9.59 Å². The van der Waals surface area contributed by atoms with Crippen LogP contribution in [0.3, 0.4) is 0 Å². The molecule has 2 amide bonds. The molecule has 1 saturated carbocycles. The number of hydrogen-bond donors (Lipinski definition) is 1. The van der Waals surface area contributed by atoms with Crippen molar-refractivity contribution in [3.8, 4) is 5.75 Å². The van der Waals surface area contributed by atoms with E-state index >= 15 is 0 Å². The minimum Gasteiger partial charge on any atom is -0.489 e. The summed E-state index contributed by atoms with van der Waals surface area (Å²) in [4.78, 5) is 28.4. The van der Waals surface area contributed by atoms with Crippen LogP contribution in [0.5, 0.6) is 5.75 Å². The van der Waals surface area contributed by atoms with Crippen molar-refractivity contribution in [2.24, 2.45) is 5.41 Å². The zero-order valence-electron chi connectivity index (χ0n) is 17.0. The standard InChI is InChI=1S/C23H26N2O3.ClH/c1-14-10-19(11-20(24-14)18-8-9-18)28-13-16-4-6-17(7-5-16)15(2)23(3)12-21(26)25-22(23)27;/h4-7,10-11,15,18H,8-9,12-13H2,1-3H3,(H,25,26,27);1H/t15-,23+;/m1./s1. The van der Waals surface area contributed by atoms with Crippen LogP contribution in [0.4, 0.5) is 0 Å². The molecule has 0 unspecified atom stereocenters. The third kappa shape index (κ3) is 4.45. The molecule has 2 aliphatic rings. The van der Waals surface area contributed by atoms with E-state index in [2.05, 4.69) is 16.4 Å². The number of hydrogen-bond acceptors (Lipinski definition) is 4. The lowest BCUT2D eigenvalue weighted by Crippen LogP contribution is -2.33. The number of nitrogens with one attached hydrogen (secondary N) is 1. The summed E-state index contributed by atoms with van der Waals surface area (Å²) in [5.74, 6) is 1.04. The van der Waals surface area contributed by atoms with Gasteiger partial charge in [-0.2, -0.15) is 0 Å². The Kier molecular flexibility index (Phi) is 5.99. The molecule has 2 fully saturated rings. The molecular weight excluding hydrogens is 388 g/mol. The SMILES string of the molecule is Cc1cc(OCc2ccc([C@@H](C)[C@]3(C)CC(=O)NC3=O)cc2)cc(C2CC2)n1.Cl. The van der Waals surface area contributed by atoms with Gasteiger partial charge in [0.2, 0.25) is 11.8 Å². The molecule has 1 aromatic heterocycles. The lowest BCUT2D eigenvalue weighted by Gasteiger charge is -2.28. The highest BCUT2D eigenvalue weighted by Gasteiger charge is 2.46. The number of pyridine rings is 1. The number of aryl methyl sites for hydroxylation is 1. The van der Waals surface area contributed by atoms with Gasteiger partial charge in [-0.3, -0.25) is 19.9 Å². The van der Waals surface area contributed by atoms with Gasteiger partial charge in [-0.05, 0) is 43.7 Å². The minimum atomic E-state index is -0.692. The average molecular weight is 415 g/mol. The first-order valence-corrected chi connectivity index (χ1v) is 9.89. The second kappa shape index (κ2) is 8.15. The van der Waals surface area contributed by atoms with Crippen LogP contribution < -0.4 is 10.1 Å². The highest BCUT2D eigenvalue weighted by molar-refractivity contribution is 6.06. The molecule has 1 aliphatic carbocycles. The van der Waals surface area contributed by atoms with Crippen LogP contribution >= 0.6 is 12.4 Å². The topological polar surface area (TPSA) is 68.3 Å². The molecule has 6 heteroatoms. The molecular formula is C23H27ClN2O3. The normalized spacial score (nSPS) is 22.0. The Bertz CT molecular complexity index is 924. The zero-order chi connectivity index (χ0) is 19.9. The van der Waals surface area contributed by atoms with Crippen LogP contribution in [0.15, 0.2) is 36.4 Å². The largest absolute Gasteiger partial charge is 0.489 e. The summed E-state index contributed by atoms with van der Waals surface area (Å²) in [6, 6.07) is 12.1. The quantitative estimate of drug-likeness (QED) is 0.710. The Hall–Kier alpha value is -2.40. The van der Waals surface area contributed by atoms with Crippen molar-refractivity contribution in [1.29, 1.82) is 0 Å². The van der Waals surface area contributed by atoms with Crippen molar-refractivity contribution in [3.05, 3.63) is 58.9 Å². The zero-order valence-corrected chi connectivity index (χ0v) is 17.8. The summed E-state index contributed by atoms with van der Waals surface area (Å²) in [5, 5.41) is 2.43. The maximum atomic E-state index is 12.2. The van der Waals surface area contributed by atoms with Gasteiger partial charge in [0.15, 0.2) is 0 Å². The van der Waals surface area contributed by atoms with Crippen LogP contribution in [-0.4, -0.2) is 16.8 Å². The summed E-state index contributed by atoms with van der Waals surface area (Å²) in [7, 11) is 0. The van der Waals surface area contributed by atoms with E-state index in [1.807, 2.05) is 51.1 Å². The number of benzene rings is 1. The second-order valence-electron chi connectivity index (χ2n) is 8.37. The van der Waals surface area contributed by atoms with Crippen LogP contribution in [0.1, 0.15) is 67.5 Å². The van der Waals surface area contributed by atoms with Crippen molar-refractivity contribution in [2.75, 3.05) is 0 Å². The van der Waals surface area contributed by atoms with E-state index in [4.69, 9.17) is 4.74 Å². The van der Waals surface area contributed by atoms with E-state index in [0.29, 0.717) is 12.5 Å². The van der Waals surface area contributed by atoms with Crippen molar-refractivity contribution in [1.82, 2.24) is 10.3 Å². The van der Waals surface area contributed by atoms with Gasteiger partial charge in [0.1, 0.15) is 12.4 Å². The number of aromatic nitrogens is 1. The highest BCUT2D eigenvalue weighted by Crippen LogP contribution is 2.42. The van der Waals surface area contributed by atoms with Crippen LogP contribution in [0, 0.1) is 12.3 Å². The maximum Gasteiger partial charge on any atom is 0.233 e. The molecule has 154 valence electrons. The van der Waals surface area contributed by atoms with Crippen LogP contribution in [0.2, 0.25) is 0 Å². The predicted octanol–water partition coefficient (Wildman–Crippen LogP) is 4.42. The number of ether oxygens (including phenoxy) is 1. The number of amides is 2. The second-order valence-corrected chi connectivity index (χ2v) is 8.37. The van der Waals surface area contributed by atoms with Gasteiger partial charge in [0.25, 0.3) is 0 Å². The molecule has 0 bridgehead atoms. The smallest absolute Gasteiger partial charge is 0.233 e. The highest BCUT2D eigenvalue weighted by atomic mass is 35.5. The summed E-state index contributed by atoms with van der Waals surface area (Å²) < 4.78 is 5.99. The third-order valence-electron chi connectivity index (χ3n) is 6.08. The Morgan fingerprint density at radius 3 is 2.48 bits per heavy atom. The Labute approximate surface area is 177 Å². The third-order valence-corrected chi connectivity index (χ3v) is 6.08. The molecule has 1 aliphatic heterocycles. The summed E-state index contributed by atoms with van der Waals surface area (Å²) in [5.41, 5.74) is 3.54. The fourth-order valence-corrected chi connectivity index (χ4v) is 3.85. The predicted molar refractivity (Wildman–Crippen MR) is 113 cm³/mol. The molecule has 1 aromatic carbocycles. The number of halogens is 1. The lowest BCUT2D eigenvalue weighted by molar-refractivity contribution is -0.128. The first-order chi connectivity index (χ1) is 13.3. The average Bonchev–Trinajstić information content (AvgIpc) is 3.47. The molecule has 0 spiro atoms. The molecule has 1 N–H and O–H groups in total. The van der Waals surface area contributed by atoms with E-state index in [1.54, 1.807) is 0 Å². The van der Waals surface area contributed by atoms with Gasteiger partial charge in [-0.15, -0.1) is 12.4 Å². The van der Waals surface area contributed by atoms with Crippen molar-refractivity contribution < 1.29 is 14.3 Å². The number of carbonyl (C=O) groups excluding carboxylic acids is 2. The van der Waals surface area contributed by atoms with Crippen molar-refractivity contribution in [3.63, 3.8) is 0 Å². The number of rotatable bonds is 6. The van der Waals surface area contributed by atoms with Crippen molar-refractivity contribution in [2.45, 2.75) is 58.5 Å². The van der Waals surface area contributed by atoms with Crippen LogP contribution in [0.25, 0.3) is 0 Å². The first kappa shape index (κ1) is 21.3. The van der Waals surface area contributed by atoms with Crippen molar-refractivity contribution >= 4 is 24.2 Å². The molecule has 2 atom stereocenters. The summed E-state index contributed by atoms with van der Waals surface area (Å²) in [6.07, 6.45) is 2.68. The van der Waals surface area contributed by atoms with Gasteiger partial charge < -0.3 is 4.74 Å². The number of nitrogens with zero attached hydrogens (tertiary/aromatic N) is 1. The van der Waals surface area contributed by atoms with E-state index in [1.165, 1.54) is 12.8 Å². The first-order valence-electron chi connectivity index (χ1n) is 9.89. The van der Waals surface area contributed by atoms with Gasteiger partial charge >= 0.3 is 0 Å². The van der Waals surface area contributed by atoms with Gasteiger partial charge in [0, 0.05) is 35.9 Å². The fourth-order valence-electron chi connectivity index (χ4n) is 3.85. The van der Waals surface area contributed by atoms with Gasteiger partial charge in [0.05, 0.1) is 5.41 Å². The van der Waals surface area contributed by atoms with E-state index < -0.39 is 5.41 Å². The molecule has 2 aromatic rings. The Morgan fingerprint density at radius 2 is 1.90 bits per heavy atom. The molecule has 5 nitrogen and oxygen atoms in total. The molecule has 1 saturated heterocycles. The van der Waals surface area contributed by atoms with E-state index in [0.717, 1.165) is 28.3 Å². The summed E-state index contributed by atoms with van der Waals surface area (Å²) in [6.45, 7) is 6.35. The maximum absolute atomic E-state index is 12.2. The number of imide groups is 1. The van der Waals surface area contributed by atoms with Crippen LogP contribution in [-0.2, 0) is 16.2 Å². The van der Waals surface area contributed by atoms with E-state index in [-0.39, 0.29) is 36.6 Å². The Balaban J connectivity index is 0.00000240. The minimum absolute atomic E-state index is 0. The van der Waals surface area contributed by atoms with Gasteiger partial charge in [-0.25, -0.2) is 0 Å². The molecule has 29 heavy (non-hydrogen) atoms. The molecule has 2 heterocycles. The summed E-state index contributed by atoms with van der Waals surface area (Å²) >= 11 is 0. The Morgan fingerprint density at radius 1 is 1.21 bits per heavy atom.